The molecule has 3 rings (SSSR count). The standard InChI is InChI=1S/C18H17N5O4S/c1-19-28(26,27)14-9-5-8-13(10-14)17(24)22-23-18(25)16-11-15(20-21-16)12-6-3-2-4-7-12/h2-11,19H,1H3,(H,20,21)(H,22,24)(H,23,25). The molecule has 0 saturated carbocycles. The average Bonchev–Trinajstić information content (AvgIpc) is 3.23. The highest BCUT2D eigenvalue weighted by Crippen LogP contribution is 2.16. The minimum absolute atomic E-state index is 0.0601. The van der Waals surface area contributed by atoms with Gasteiger partial charge in [-0.3, -0.25) is 25.5 Å². The summed E-state index contributed by atoms with van der Waals surface area (Å²) in [6.07, 6.45) is 0. The molecule has 0 aliphatic heterocycles. The second kappa shape index (κ2) is 8.03. The largest absolute Gasteiger partial charge is 0.287 e. The fourth-order valence-corrected chi connectivity index (χ4v) is 3.15. The maximum Gasteiger partial charge on any atom is 0.287 e. The molecule has 0 aliphatic carbocycles. The van der Waals surface area contributed by atoms with Gasteiger partial charge in [-0.1, -0.05) is 36.4 Å². The van der Waals surface area contributed by atoms with Crippen molar-refractivity contribution in [1.29, 1.82) is 0 Å². The number of aromatic amines is 1. The Hall–Kier alpha value is -3.50. The monoisotopic (exact) mass is 399 g/mol. The van der Waals surface area contributed by atoms with Gasteiger partial charge in [0.15, 0.2) is 0 Å². The maximum absolute atomic E-state index is 12.2. The number of aromatic nitrogens is 2. The first-order valence-corrected chi connectivity index (χ1v) is 9.64. The summed E-state index contributed by atoms with van der Waals surface area (Å²) >= 11 is 0. The average molecular weight is 399 g/mol. The zero-order valence-corrected chi connectivity index (χ0v) is 15.6. The van der Waals surface area contributed by atoms with E-state index >= 15 is 0 Å². The van der Waals surface area contributed by atoms with E-state index in [-0.39, 0.29) is 16.2 Å². The second-order valence-electron chi connectivity index (χ2n) is 5.68. The van der Waals surface area contributed by atoms with Crippen LogP contribution in [0.2, 0.25) is 0 Å². The molecule has 1 aromatic heterocycles. The first-order chi connectivity index (χ1) is 13.4. The Kier molecular flexibility index (Phi) is 5.52. The normalized spacial score (nSPS) is 11.0. The molecule has 0 atom stereocenters. The number of benzene rings is 2. The van der Waals surface area contributed by atoms with E-state index in [4.69, 9.17) is 0 Å². The lowest BCUT2D eigenvalue weighted by atomic mass is 10.1. The minimum Gasteiger partial charge on any atom is -0.272 e. The van der Waals surface area contributed by atoms with Crippen LogP contribution in [0.3, 0.4) is 0 Å². The molecule has 2 aromatic carbocycles. The van der Waals surface area contributed by atoms with Gasteiger partial charge in [0.2, 0.25) is 10.0 Å². The lowest BCUT2D eigenvalue weighted by Crippen LogP contribution is -2.41. The van der Waals surface area contributed by atoms with E-state index < -0.39 is 21.8 Å². The van der Waals surface area contributed by atoms with E-state index in [1.54, 1.807) is 6.07 Å². The molecule has 0 spiro atoms. The topological polar surface area (TPSA) is 133 Å². The molecular weight excluding hydrogens is 382 g/mol. The van der Waals surface area contributed by atoms with Crippen LogP contribution >= 0.6 is 0 Å². The van der Waals surface area contributed by atoms with Gasteiger partial charge in [0.1, 0.15) is 5.69 Å². The zero-order valence-electron chi connectivity index (χ0n) is 14.8. The number of hydrazine groups is 1. The fraction of sp³-hybridized carbons (Fsp3) is 0.0556. The number of amides is 2. The summed E-state index contributed by atoms with van der Waals surface area (Å²) in [5.74, 6) is -1.26. The third-order valence-corrected chi connectivity index (χ3v) is 5.27. The lowest BCUT2D eigenvalue weighted by molar-refractivity contribution is 0.0844. The van der Waals surface area contributed by atoms with Crippen molar-refractivity contribution in [2.24, 2.45) is 0 Å². The first kappa shape index (κ1) is 19.3. The zero-order chi connectivity index (χ0) is 20.1. The Morgan fingerprint density at radius 3 is 2.36 bits per heavy atom. The second-order valence-corrected chi connectivity index (χ2v) is 7.56. The van der Waals surface area contributed by atoms with Crippen LogP contribution in [0.1, 0.15) is 20.8 Å². The molecule has 0 unspecified atom stereocenters. The predicted octanol–water partition coefficient (Wildman–Crippen LogP) is 1.06. The molecule has 144 valence electrons. The summed E-state index contributed by atoms with van der Waals surface area (Å²) < 4.78 is 25.8. The number of carbonyl (C=O) groups excluding carboxylic acids is 2. The number of carbonyl (C=O) groups is 2. The van der Waals surface area contributed by atoms with Crippen LogP contribution in [0.5, 0.6) is 0 Å². The van der Waals surface area contributed by atoms with Gasteiger partial charge in [-0.2, -0.15) is 5.10 Å². The number of sulfonamides is 1. The molecule has 0 fully saturated rings. The van der Waals surface area contributed by atoms with E-state index in [0.29, 0.717) is 5.69 Å². The number of rotatable bonds is 5. The van der Waals surface area contributed by atoms with Crippen LogP contribution in [-0.2, 0) is 10.0 Å². The molecule has 0 radical (unpaired) electrons. The van der Waals surface area contributed by atoms with E-state index in [0.717, 1.165) is 5.56 Å². The molecule has 3 aromatic rings. The van der Waals surface area contributed by atoms with Crippen molar-refractivity contribution in [2.45, 2.75) is 4.90 Å². The van der Waals surface area contributed by atoms with E-state index in [1.165, 1.54) is 31.3 Å². The molecule has 2 amide bonds. The SMILES string of the molecule is CNS(=O)(=O)c1cccc(C(=O)NNC(=O)c2cc(-c3ccccc3)n[nH]2)c1. The molecule has 0 bridgehead atoms. The summed E-state index contributed by atoms with van der Waals surface area (Å²) in [6, 6.07) is 16.3. The summed E-state index contributed by atoms with van der Waals surface area (Å²) in [5, 5.41) is 6.67. The molecule has 0 saturated heterocycles. The lowest BCUT2D eigenvalue weighted by Gasteiger charge is -2.08. The fourth-order valence-electron chi connectivity index (χ4n) is 2.37. The van der Waals surface area contributed by atoms with Gasteiger partial charge in [0.25, 0.3) is 11.8 Å². The van der Waals surface area contributed by atoms with Crippen LogP contribution in [-0.4, -0.2) is 37.5 Å². The maximum atomic E-state index is 12.2. The highest BCUT2D eigenvalue weighted by Gasteiger charge is 2.16. The van der Waals surface area contributed by atoms with E-state index in [2.05, 4.69) is 25.8 Å². The van der Waals surface area contributed by atoms with Crippen molar-refractivity contribution in [3.63, 3.8) is 0 Å². The molecule has 10 heteroatoms. The van der Waals surface area contributed by atoms with Crippen LogP contribution in [0.15, 0.2) is 65.6 Å². The number of nitrogens with zero attached hydrogens (tertiary/aromatic N) is 1. The Labute approximate surface area is 161 Å². The number of hydrogen-bond acceptors (Lipinski definition) is 5. The summed E-state index contributed by atoms with van der Waals surface area (Å²) in [7, 11) is -2.41. The van der Waals surface area contributed by atoms with Gasteiger partial charge in [-0.15, -0.1) is 0 Å². The molecule has 4 N–H and O–H groups in total. The quantitative estimate of drug-likeness (QED) is 0.476. The van der Waals surface area contributed by atoms with E-state index in [1.807, 2.05) is 30.3 Å². The van der Waals surface area contributed by atoms with Gasteiger partial charge in [-0.25, -0.2) is 13.1 Å². The van der Waals surface area contributed by atoms with Gasteiger partial charge in [0, 0.05) is 11.1 Å². The molecule has 28 heavy (non-hydrogen) atoms. The van der Waals surface area contributed by atoms with Crippen molar-refractivity contribution in [3.05, 3.63) is 71.9 Å². The van der Waals surface area contributed by atoms with Gasteiger partial charge >= 0.3 is 0 Å². The third-order valence-electron chi connectivity index (χ3n) is 3.86. The summed E-state index contributed by atoms with van der Waals surface area (Å²) in [6.45, 7) is 0. The number of hydrogen-bond donors (Lipinski definition) is 4. The third kappa shape index (κ3) is 4.24. The van der Waals surface area contributed by atoms with Gasteiger partial charge in [-0.05, 0) is 31.3 Å². The van der Waals surface area contributed by atoms with Gasteiger partial charge < -0.3 is 0 Å². The van der Waals surface area contributed by atoms with Crippen molar-refractivity contribution < 1.29 is 18.0 Å². The van der Waals surface area contributed by atoms with E-state index in [9.17, 15) is 18.0 Å². The van der Waals surface area contributed by atoms with Crippen molar-refractivity contribution in [1.82, 2.24) is 25.8 Å². The molecule has 1 heterocycles. The van der Waals surface area contributed by atoms with Crippen LogP contribution in [0.4, 0.5) is 0 Å². The van der Waals surface area contributed by atoms with Crippen LogP contribution < -0.4 is 15.6 Å². The number of nitrogens with one attached hydrogen (secondary N) is 4. The van der Waals surface area contributed by atoms with Crippen molar-refractivity contribution >= 4 is 21.8 Å². The Morgan fingerprint density at radius 1 is 0.929 bits per heavy atom. The first-order valence-electron chi connectivity index (χ1n) is 8.16. The molecule has 0 aliphatic rings. The molecule has 9 nitrogen and oxygen atoms in total. The molecular formula is C18H17N5O4S. The van der Waals surface area contributed by atoms with Crippen LogP contribution in [0, 0.1) is 0 Å². The highest BCUT2D eigenvalue weighted by molar-refractivity contribution is 7.89. The minimum atomic E-state index is -3.68. The Balaban J connectivity index is 1.66. The number of H-pyrrole nitrogens is 1. The smallest absolute Gasteiger partial charge is 0.272 e. The predicted molar refractivity (Wildman–Crippen MR) is 102 cm³/mol. The summed E-state index contributed by atoms with van der Waals surface area (Å²) in [4.78, 5) is 24.3. The van der Waals surface area contributed by atoms with Gasteiger partial charge in [0.05, 0.1) is 10.6 Å². The highest BCUT2D eigenvalue weighted by atomic mass is 32.2. The van der Waals surface area contributed by atoms with Crippen LogP contribution in [0.25, 0.3) is 11.3 Å². The Bertz CT molecular complexity index is 1110. The summed E-state index contributed by atoms with van der Waals surface area (Å²) in [5.41, 5.74) is 6.16. The Morgan fingerprint density at radius 2 is 1.64 bits per heavy atom. The van der Waals surface area contributed by atoms with Crippen molar-refractivity contribution in [3.8, 4) is 11.3 Å². The van der Waals surface area contributed by atoms with Crippen molar-refractivity contribution in [2.75, 3.05) is 7.05 Å².